The maximum atomic E-state index is 10.3. The molecular formula is C84H112O16. The highest BCUT2D eigenvalue weighted by Gasteiger charge is 2.13. The first-order valence-corrected chi connectivity index (χ1v) is 30.8. The van der Waals surface area contributed by atoms with Gasteiger partial charge in [-0.15, -0.1) is 0 Å². The average molecular weight is 1430 g/mol. The van der Waals surface area contributed by atoms with Crippen molar-refractivity contribution in [2.75, 3.05) is 83.0 Å². The van der Waals surface area contributed by atoms with Crippen molar-refractivity contribution in [3.63, 3.8) is 0 Å². The van der Waals surface area contributed by atoms with Gasteiger partial charge in [0.2, 0.25) is 0 Å². The zero-order valence-electron chi connectivity index (χ0n) is 104. The van der Waals surface area contributed by atoms with Crippen LogP contribution in [0.2, 0.25) is 0 Å². The van der Waals surface area contributed by atoms with E-state index in [-0.39, 0.29) is 219 Å². The summed E-state index contributed by atoms with van der Waals surface area (Å²) in [6.07, 6.45) is -15.0. The molecule has 544 valence electrons. The van der Waals surface area contributed by atoms with Gasteiger partial charge in [0.25, 0.3) is 0 Å². The van der Waals surface area contributed by atoms with E-state index in [2.05, 4.69) is 4.74 Å². The van der Waals surface area contributed by atoms with E-state index >= 15 is 0 Å². The van der Waals surface area contributed by atoms with Gasteiger partial charge in [0, 0.05) is 11.0 Å². The normalized spacial score (nSPS) is 19.8. The highest BCUT2D eigenvalue weighted by molar-refractivity contribution is 5.46. The van der Waals surface area contributed by atoms with E-state index in [1.807, 2.05) is 0 Å². The molecule has 8 rings (SSSR count). The van der Waals surface area contributed by atoms with E-state index in [4.69, 9.17) is 118 Å². The van der Waals surface area contributed by atoms with Gasteiger partial charge < -0.3 is 77.3 Å². The van der Waals surface area contributed by atoms with Crippen LogP contribution in [0.1, 0.15) is 187 Å². The minimum Gasteiger partial charge on any atom is -0.493 e. The largest absolute Gasteiger partial charge is 0.493 e. The number of hydrogen-bond acceptors (Lipinski definition) is 16. The second-order valence-corrected chi connectivity index (χ2v) is 20.8. The SMILES string of the molecule is [2H]c1c([2H])c(C)c([2H])c(OCC(O)CCCC([2H])([2H])c2c([2H])c([2H])c(OC([2H])([2H])[2H])c(OC([2H])([2H])[2H])c2[2H])c1[2H].[2H]c1c([2H])c(C)c([2H])c(OCC(O)CCCC([2H])([2H])c2c([2H])c([2H])c(OC([2H])([2H])[2H])c(OC)c2[2H])c1[2H].[2H]c1c([2H])c(C)c([2H])c(OCC(O)CCCC([2H])([2H])c2c([2H])c([2H])c(OC)c(OC([2H])([2H])[2H])c2[2H])c1[2H].[2H]c1c([2H])c(C)c([2H])c(OCC(O)CCCC([2H])([2H])c2c([2H])c([2H])c(OC)c(OC)c2[2H])c1[2H]. The van der Waals surface area contributed by atoms with Crippen LogP contribution >= 0.6 is 0 Å². The number of methoxy groups -OCH3 is 8. The van der Waals surface area contributed by atoms with Crippen LogP contribution < -0.4 is 56.8 Å². The third-order valence-corrected chi connectivity index (χ3v) is 12.9. The van der Waals surface area contributed by atoms with E-state index < -0.39 is 245 Å². The van der Waals surface area contributed by atoms with Gasteiger partial charge in [-0.2, -0.15) is 0 Å². The van der Waals surface area contributed by atoms with Gasteiger partial charge >= 0.3 is 0 Å². The molecule has 0 radical (unpaired) electrons. The molecule has 4 N–H and O–H groups in total. The van der Waals surface area contributed by atoms with Crippen molar-refractivity contribution in [1.29, 1.82) is 0 Å². The molecule has 0 aliphatic heterocycles. The number of hydrogen-bond donors (Lipinski definition) is 4. The molecule has 100 heavy (non-hydrogen) atoms. The van der Waals surface area contributed by atoms with Gasteiger partial charge in [-0.1, -0.05) is 98.2 Å². The maximum absolute atomic E-state index is 10.3. The summed E-state index contributed by atoms with van der Waals surface area (Å²) in [6.45, 7) is 4.38. The first-order chi connectivity index (χ1) is 67.8. The quantitative estimate of drug-likeness (QED) is 0.0283. The standard InChI is InChI=1S/4C21H28O4/c4*1-16-7-6-10-19(13-16)25-15-18(22)9-5-4-8-17-11-12-20(23-2)21(14-17)24-3/h4*6-7,10-14,18,22H,4-5,8-9,15H2,1-3H3/i2D3,3D3,6D,7D,8D2,10D,11D,12D,13D,14D;3D3,6D,7D,8D2,10D,11D,12D,13D,14D;2D3,6D,7D,8D2,10D,11D,12D,13D,14D;6D,7D,8D2,10D,11D,12D,13D,14D. The molecule has 0 saturated heterocycles. The number of rotatable bonds is 40. The summed E-state index contributed by atoms with van der Waals surface area (Å²) < 4.78 is 439. The van der Waals surface area contributed by atoms with E-state index in [1.165, 1.54) is 41.9 Å². The second-order valence-electron chi connectivity index (χ2n) is 20.8. The van der Waals surface area contributed by atoms with Gasteiger partial charge in [-0.25, -0.2) is 0 Å². The first-order valence-electron chi connectivity index (χ1n) is 54.8. The lowest BCUT2D eigenvalue weighted by Crippen LogP contribution is -2.17. The minimum atomic E-state index is -3.22. The summed E-state index contributed by atoms with van der Waals surface area (Å²) in [5.41, 5.74) is -1.41. The first kappa shape index (κ1) is 36.2. The van der Waals surface area contributed by atoms with Crippen LogP contribution in [-0.4, -0.2) is 128 Å². The van der Waals surface area contributed by atoms with Crippen molar-refractivity contribution < 1.29 is 143 Å². The molecule has 0 bridgehead atoms. The monoisotopic (exact) mass is 1430 g/mol. The van der Waals surface area contributed by atoms with Crippen molar-refractivity contribution >= 4 is 0 Å². The van der Waals surface area contributed by atoms with Crippen molar-refractivity contribution in [2.24, 2.45) is 0 Å². The van der Waals surface area contributed by atoms with Crippen molar-refractivity contribution in [3.8, 4) is 69.0 Å². The van der Waals surface area contributed by atoms with Crippen LogP contribution in [0.5, 0.6) is 69.0 Å². The zero-order valence-corrected chi connectivity index (χ0v) is 56.3. The van der Waals surface area contributed by atoms with Crippen LogP contribution in [0.3, 0.4) is 0 Å². The van der Waals surface area contributed by atoms with E-state index in [9.17, 15) is 20.4 Å². The lowest BCUT2D eigenvalue weighted by molar-refractivity contribution is 0.0976. The summed E-state index contributed by atoms with van der Waals surface area (Å²) in [5.74, 6) is -5.51. The molecule has 0 spiro atoms. The Morgan fingerprint density at radius 1 is 0.290 bits per heavy atom. The van der Waals surface area contributed by atoms with Crippen molar-refractivity contribution in [3.05, 3.63) is 214 Å². The fraction of sp³-hybridized carbons (Fsp3) is 0.429. The fourth-order valence-corrected chi connectivity index (χ4v) is 7.93. The minimum absolute atomic E-state index is 0.00734. The Kier molecular flexibility index (Phi) is 17.1. The second kappa shape index (κ2) is 47.3. The highest BCUT2D eigenvalue weighted by atomic mass is 16.5. The smallest absolute Gasteiger partial charge is 0.160 e. The Bertz CT molecular complexity index is 5920. The summed E-state index contributed by atoms with van der Waals surface area (Å²) >= 11 is 0. The third kappa shape index (κ3) is 32.0. The molecule has 16 nitrogen and oxygen atoms in total. The molecular weight excluding hydrogens is 1260 g/mol. The molecule has 0 saturated carbocycles. The molecule has 8 aromatic carbocycles. The molecule has 0 fully saturated rings. The topological polar surface area (TPSA) is 192 Å². The van der Waals surface area contributed by atoms with Gasteiger partial charge in [0.05, 0.1) is 136 Å². The molecule has 0 heterocycles. The molecule has 4 atom stereocenters. The molecule has 8 aromatic rings. The third-order valence-electron chi connectivity index (χ3n) is 12.9. The van der Waals surface area contributed by atoms with Crippen LogP contribution in [0.25, 0.3) is 0 Å². The predicted molar refractivity (Wildman–Crippen MR) is 399 cm³/mol. The van der Waals surface area contributed by atoms with E-state index in [0.717, 1.165) is 14.2 Å². The molecule has 16 heteroatoms. The lowest BCUT2D eigenvalue weighted by atomic mass is 10.0. The zero-order chi connectivity index (χ0) is 114. The van der Waals surface area contributed by atoms with Crippen molar-refractivity contribution in [2.45, 2.75) is 155 Å². The Hall–Kier alpha value is -8.80. The fourth-order valence-electron chi connectivity index (χ4n) is 7.93. The number of benzene rings is 8. The highest BCUT2D eigenvalue weighted by Crippen LogP contribution is 2.32. The molecule has 0 aliphatic rings. The molecule has 0 aromatic heterocycles. The number of ether oxygens (including phenoxy) is 12. The summed E-state index contributed by atoms with van der Waals surface area (Å²) in [7, 11) is -7.65. The number of aliphatic hydroxyl groups is 4. The van der Waals surface area contributed by atoms with Crippen LogP contribution in [0.15, 0.2) is 169 Å². The Morgan fingerprint density at radius 3 is 0.740 bits per heavy atom. The van der Waals surface area contributed by atoms with E-state index in [0.29, 0.717) is 0 Å². The summed E-state index contributed by atoms with van der Waals surface area (Å²) in [4.78, 5) is 0. The molecule has 0 amide bonds. The Balaban J connectivity index is 0.000000347. The van der Waals surface area contributed by atoms with Gasteiger partial charge in [0.15, 0.2) is 46.0 Å². The van der Waals surface area contributed by atoms with Gasteiger partial charge in [0.1, 0.15) is 49.4 Å². The van der Waals surface area contributed by atoms with Gasteiger partial charge in [-0.3, -0.25) is 0 Å². The Labute approximate surface area is 663 Å². The van der Waals surface area contributed by atoms with Crippen molar-refractivity contribution in [1.82, 2.24) is 0 Å². The Morgan fingerprint density at radius 2 is 0.510 bits per heavy atom. The maximum Gasteiger partial charge on any atom is 0.160 e. The summed E-state index contributed by atoms with van der Waals surface area (Å²) in [6, 6.07) is -13.5. The van der Waals surface area contributed by atoms with Crippen LogP contribution in [0.4, 0.5) is 0 Å². The van der Waals surface area contributed by atoms with E-state index in [1.54, 1.807) is 0 Å². The molecule has 4 unspecified atom stereocenters. The summed E-state index contributed by atoms with van der Waals surface area (Å²) in [5, 5.41) is 41.1. The average Bonchev–Trinajstić information content (AvgIpc) is 0.768. The van der Waals surface area contributed by atoms with Gasteiger partial charge in [-0.05, 0) is 246 Å². The number of aliphatic hydroxyl groups excluding tert-OH is 4. The lowest BCUT2D eigenvalue weighted by Gasteiger charge is -2.13. The predicted octanol–water partition coefficient (Wildman–Crippen LogP) is 16.7. The molecule has 0 aliphatic carbocycles. The van der Waals surface area contributed by atoms with Crippen LogP contribution in [-0.2, 0) is 25.5 Å². The van der Waals surface area contributed by atoms with Crippen LogP contribution in [0, 0.1) is 27.7 Å².